The fourth-order valence-electron chi connectivity index (χ4n) is 2.03. The summed E-state index contributed by atoms with van der Waals surface area (Å²) < 4.78 is 11.2. The summed E-state index contributed by atoms with van der Waals surface area (Å²) >= 11 is 6.80. The summed E-state index contributed by atoms with van der Waals surface area (Å²) in [6.45, 7) is 0.611. The quantitative estimate of drug-likeness (QED) is 0.781. The van der Waals surface area contributed by atoms with Gasteiger partial charge in [-0.15, -0.1) is 0 Å². The first-order valence-corrected chi connectivity index (χ1v) is 7.73. The molecule has 1 saturated heterocycles. The third-order valence-electron chi connectivity index (χ3n) is 3.13. The van der Waals surface area contributed by atoms with E-state index >= 15 is 0 Å². The lowest BCUT2D eigenvalue weighted by atomic mass is 10.1. The van der Waals surface area contributed by atoms with Crippen molar-refractivity contribution in [2.24, 2.45) is 0 Å². The van der Waals surface area contributed by atoms with Gasteiger partial charge in [0.05, 0.1) is 14.2 Å². The van der Waals surface area contributed by atoms with Gasteiger partial charge in [0.15, 0.2) is 11.5 Å². The van der Waals surface area contributed by atoms with E-state index in [1.165, 1.54) is 0 Å². The van der Waals surface area contributed by atoms with E-state index in [1.54, 1.807) is 30.9 Å². The molecule has 4 nitrogen and oxygen atoms in total. The monoisotopic (exact) mass is 311 g/mol. The van der Waals surface area contributed by atoms with Crippen LogP contribution in [0, 0.1) is 0 Å². The third-order valence-corrected chi connectivity index (χ3v) is 4.58. The topological polar surface area (TPSA) is 38.8 Å². The Labute approximate surface area is 128 Å². The van der Waals surface area contributed by atoms with E-state index in [0.29, 0.717) is 28.8 Å². The standard InChI is InChI=1S/C14H17NO3S2/c1-17-11-4-3-10(9-12(11)18-2)5-7-15-13(16)6-8-20-14(15)19/h3-4,9H,5-8H2,1-2H3. The minimum Gasteiger partial charge on any atom is -0.493 e. The Kier molecular flexibility index (Phi) is 5.25. The molecule has 1 aliphatic heterocycles. The van der Waals surface area contributed by atoms with Gasteiger partial charge in [0.2, 0.25) is 5.91 Å². The van der Waals surface area contributed by atoms with Crippen LogP contribution in [0.25, 0.3) is 0 Å². The van der Waals surface area contributed by atoms with E-state index in [9.17, 15) is 4.79 Å². The van der Waals surface area contributed by atoms with Crippen LogP contribution in [-0.2, 0) is 11.2 Å². The van der Waals surface area contributed by atoms with Gasteiger partial charge in [-0.3, -0.25) is 9.69 Å². The smallest absolute Gasteiger partial charge is 0.228 e. The van der Waals surface area contributed by atoms with Crippen LogP contribution < -0.4 is 9.47 Å². The third kappa shape index (κ3) is 3.43. The highest BCUT2D eigenvalue weighted by molar-refractivity contribution is 8.23. The summed E-state index contributed by atoms with van der Waals surface area (Å²) in [5, 5.41) is 0. The van der Waals surface area contributed by atoms with Gasteiger partial charge < -0.3 is 9.47 Å². The second kappa shape index (κ2) is 6.95. The zero-order valence-electron chi connectivity index (χ0n) is 11.5. The molecule has 0 spiro atoms. The molecular weight excluding hydrogens is 294 g/mol. The van der Waals surface area contributed by atoms with E-state index in [-0.39, 0.29) is 5.91 Å². The molecule has 0 bridgehead atoms. The van der Waals surface area contributed by atoms with Crippen molar-refractivity contribution in [3.63, 3.8) is 0 Å². The first kappa shape index (κ1) is 15.1. The molecule has 1 aromatic rings. The number of thioether (sulfide) groups is 1. The van der Waals surface area contributed by atoms with Gasteiger partial charge in [-0.25, -0.2) is 0 Å². The molecule has 6 heteroatoms. The summed E-state index contributed by atoms with van der Waals surface area (Å²) in [6, 6.07) is 5.79. The molecule has 0 radical (unpaired) electrons. The van der Waals surface area contributed by atoms with Crippen molar-refractivity contribution in [2.45, 2.75) is 12.8 Å². The highest BCUT2D eigenvalue weighted by Gasteiger charge is 2.23. The molecule has 20 heavy (non-hydrogen) atoms. The van der Waals surface area contributed by atoms with Crippen LogP contribution in [0.5, 0.6) is 11.5 Å². The number of rotatable bonds is 5. The molecule has 1 amide bonds. The highest BCUT2D eigenvalue weighted by Crippen LogP contribution is 2.28. The highest BCUT2D eigenvalue weighted by atomic mass is 32.2. The van der Waals surface area contributed by atoms with E-state index < -0.39 is 0 Å². The van der Waals surface area contributed by atoms with Crippen molar-refractivity contribution in [1.29, 1.82) is 0 Å². The van der Waals surface area contributed by atoms with Gasteiger partial charge in [0.1, 0.15) is 4.32 Å². The van der Waals surface area contributed by atoms with Crippen LogP contribution in [0.4, 0.5) is 0 Å². The Bertz CT molecular complexity index is 503. The van der Waals surface area contributed by atoms with Gasteiger partial charge in [-0.1, -0.05) is 30.0 Å². The van der Waals surface area contributed by atoms with Crippen LogP contribution in [0.3, 0.4) is 0 Å². The minimum atomic E-state index is 0.120. The van der Waals surface area contributed by atoms with Crippen molar-refractivity contribution in [3.05, 3.63) is 23.8 Å². The molecule has 1 heterocycles. The second-order valence-electron chi connectivity index (χ2n) is 4.35. The molecule has 0 aromatic heterocycles. The van der Waals surface area contributed by atoms with Crippen molar-refractivity contribution in [3.8, 4) is 11.5 Å². The zero-order valence-corrected chi connectivity index (χ0v) is 13.2. The molecule has 0 unspecified atom stereocenters. The molecule has 108 valence electrons. The average molecular weight is 311 g/mol. The van der Waals surface area contributed by atoms with Crippen molar-refractivity contribution in [1.82, 2.24) is 4.90 Å². The number of amides is 1. The number of benzene rings is 1. The SMILES string of the molecule is COc1ccc(CCN2C(=O)CCSC2=S)cc1OC. The molecule has 0 aliphatic carbocycles. The van der Waals surface area contributed by atoms with Gasteiger partial charge in [-0.05, 0) is 24.1 Å². The number of thiocarbonyl (C=S) groups is 1. The Hall–Kier alpha value is -1.27. The lowest BCUT2D eigenvalue weighted by Gasteiger charge is -2.26. The lowest BCUT2D eigenvalue weighted by Crippen LogP contribution is -2.39. The summed E-state index contributed by atoms with van der Waals surface area (Å²) in [5.41, 5.74) is 1.09. The number of carbonyl (C=O) groups excluding carboxylic acids is 1. The van der Waals surface area contributed by atoms with E-state index in [1.807, 2.05) is 18.2 Å². The first-order valence-electron chi connectivity index (χ1n) is 6.33. The fraction of sp³-hybridized carbons (Fsp3) is 0.429. The largest absolute Gasteiger partial charge is 0.493 e. The molecule has 1 fully saturated rings. The number of hydrogen-bond donors (Lipinski definition) is 0. The minimum absolute atomic E-state index is 0.120. The van der Waals surface area contributed by atoms with Crippen molar-refractivity contribution < 1.29 is 14.3 Å². The molecule has 0 atom stereocenters. The number of nitrogens with zero attached hydrogens (tertiary/aromatic N) is 1. The van der Waals surface area contributed by atoms with E-state index in [2.05, 4.69) is 0 Å². The number of ether oxygens (including phenoxy) is 2. The van der Waals surface area contributed by atoms with E-state index in [4.69, 9.17) is 21.7 Å². The molecule has 2 rings (SSSR count). The summed E-state index contributed by atoms with van der Waals surface area (Å²) in [7, 11) is 3.22. The summed E-state index contributed by atoms with van der Waals surface area (Å²) in [6.07, 6.45) is 1.31. The van der Waals surface area contributed by atoms with Gasteiger partial charge in [-0.2, -0.15) is 0 Å². The molecule has 1 aliphatic rings. The summed E-state index contributed by atoms with van der Waals surface area (Å²) in [5.74, 6) is 2.32. The van der Waals surface area contributed by atoms with Crippen molar-refractivity contribution in [2.75, 3.05) is 26.5 Å². The van der Waals surface area contributed by atoms with Crippen LogP contribution in [0.1, 0.15) is 12.0 Å². The van der Waals surface area contributed by atoms with Crippen molar-refractivity contribution >= 4 is 34.2 Å². The van der Waals surface area contributed by atoms with Gasteiger partial charge in [0.25, 0.3) is 0 Å². The number of carbonyl (C=O) groups is 1. The Morgan fingerprint density at radius 2 is 2.05 bits per heavy atom. The first-order chi connectivity index (χ1) is 9.65. The molecular formula is C14H17NO3S2. The molecule has 1 aromatic carbocycles. The van der Waals surface area contributed by atoms with Crippen LogP contribution >= 0.6 is 24.0 Å². The lowest BCUT2D eigenvalue weighted by molar-refractivity contribution is -0.126. The average Bonchev–Trinajstić information content (AvgIpc) is 2.46. The van der Waals surface area contributed by atoms with Crippen LogP contribution in [-0.4, -0.2) is 41.6 Å². The van der Waals surface area contributed by atoms with E-state index in [0.717, 1.165) is 17.7 Å². The maximum atomic E-state index is 11.8. The number of methoxy groups -OCH3 is 2. The predicted molar refractivity (Wildman–Crippen MR) is 84.6 cm³/mol. The predicted octanol–water partition coefficient (Wildman–Crippen LogP) is 2.50. The zero-order chi connectivity index (χ0) is 14.5. The normalized spacial score (nSPS) is 15.4. The second-order valence-corrected chi connectivity index (χ2v) is 6.08. The molecule has 0 saturated carbocycles. The fourth-order valence-corrected chi connectivity index (χ4v) is 3.28. The summed E-state index contributed by atoms with van der Waals surface area (Å²) in [4.78, 5) is 13.5. The Morgan fingerprint density at radius 3 is 2.70 bits per heavy atom. The van der Waals surface area contributed by atoms with Crippen LogP contribution in [0.15, 0.2) is 18.2 Å². The maximum absolute atomic E-state index is 11.8. The Morgan fingerprint density at radius 1 is 1.30 bits per heavy atom. The maximum Gasteiger partial charge on any atom is 0.228 e. The van der Waals surface area contributed by atoms with Gasteiger partial charge >= 0.3 is 0 Å². The van der Waals surface area contributed by atoms with Crippen LogP contribution in [0.2, 0.25) is 0 Å². The Balaban J connectivity index is 2.03. The molecule has 0 N–H and O–H groups in total. The van der Waals surface area contributed by atoms with Gasteiger partial charge in [0, 0.05) is 18.7 Å². The number of hydrogen-bond acceptors (Lipinski definition) is 5.